The maximum atomic E-state index is 12.0. The fourth-order valence-corrected chi connectivity index (χ4v) is 4.07. The smallest absolute Gasteiger partial charge is 0.249 e. The van der Waals surface area contributed by atoms with Crippen molar-refractivity contribution in [3.63, 3.8) is 0 Å². The van der Waals surface area contributed by atoms with Crippen LogP contribution in [0.5, 0.6) is 11.5 Å². The first-order valence-corrected chi connectivity index (χ1v) is 11.7. The number of primary amides is 2. The standard InChI is InChI=1S/C30H30N4O3/c1-33(2)21-9-15-25(29(31)35)27(17-21)19-5-11-23(12-6-19)37-24-13-7-20(8-14-24)28-18-22(34(3)4)10-16-26(28)30(32)36/h5-18H,1-4H3,(H2,31,35)(H2,32,36). The largest absolute Gasteiger partial charge is 0.457 e. The second kappa shape index (κ2) is 10.5. The molecule has 0 aliphatic carbocycles. The Morgan fingerprint density at radius 2 is 0.919 bits per heavy atom. The van der Waals surface area contributed by atoms with E-state index in [2.05, 4.69) is 0 Å². The highest BCUT2D eigenvalue weighted by molar-refractivity contribution is 6.01. The van der Waals surface area contributed by atoms with E-state index >= 15 is 0 Å². The van der Waals surface area contributed by atoms with Gasteiger partial charge < -0.3 is 26.0 Å². The Labute approximate surface area is 216 Å². The van der Waals surface area contributed by atoms with Crippen LogP contribution >= 0.6 is 0 Å². The van der Waals surface area contributed by atoms with E-state index in [1.54, 1.807) is 12.1 Å². The first-order chi connectivity index (χ1) is 17.6. The van der Waals surface area contributed by atoms with Crippen LogP contribution in [-0.4, -0.2) is 40.0 Å². The van der Waals surface area contributed by atoms with E-state index in [1.807, 2.05) is 111 Å². The number of carbonyl (C=O) groups excluding carboxylic acids is 2. The molecule has 0 unspecified atom stereocenters. The molecule has 4 aromatic carbocycles. The zero-order valence-electron chi connectivity index (χ0n) is 21.4. The monoisotopic (exact) mass is 494 g/mol. The van der Waals surface area contributed by atoms with Gasteiger partial charge in [0.25, 0.3) is 0 Å². The highest BCUT2D eigenvalue weighted by Gasteiger charge is 2.14. The van der Waals surface area contributed by atoms with Gasteiger partial charge in [0.1, 0.15) is 11.5 Å². The molecule has 0 bridgehead atoms. The molecule has 4 N–H and O–H groups in total. The van der Waals surface area contributed by atoms with Crippen LogP contribution in [0.25, 0.3) is 22.3 Å². The van der Waals surface area contributed by atoms with Crippen molar-refractivity contribution in [3.8, 4) is 33.8 Å². The Morgan fingerprint density at radius 3 is 1.22 bits per heavy atom. The van der Waals surface area contributed by atoms with Crippen molar-refractivity contribution in [1.29, 1.82) is 0 Å². The number of ether oxygens (including phenoxy) is 1. The molecule has 0 spiro atoms. The van der Waals surface area contributed by atoms with Gasteiger partial charge in [0.2, 0.25) is 11.8 Å². The molecule has 0 heterocycles. The van der Waals surface area contributed by atoms with Gasteiger partial charge in [-0.1, -0.05) is 24.3 Å². The van der Waals surface area contributed by atoms with Crippen molar-refractivity contribution in [2.24, 2.45) is 11.5 Å². The van der Waals surface area contributed by atoms with Gasteiger partial charge in [0, 0.05) is 50.7 Å². The Balaban J connectivity index is 1.58. The van der Waals surface area contributed by atoms with Crippen LogP contribution in [0.3, 0.4) is 0 Å². The van der Waals surface area contributed by atoms with Gasteiger partial charge >= 0.3 is 0 Å². The van der Waals surface area contributed by atoms with E-state index in [-0.39, 0.29) is 0 Å². The number of hydrogen-bond acceptors (Lipinski definition) is 5. The molecule has 7 nitrogen and oxygen atoms in total. The van der Waals surface area contributed by atoms with Gasteiger partial charge in [-0.05, 0) is 82.9 Å². The fourth-order valence-electron chi connectivity index (χ4n) is 4.07. The summed E-state index contributed by atoms with van der Waals surface area (Å²) in [5.41, 5.74) is 17.3. The molecule has 7 heteroatoms. The average Bonchev–Trinajstić information content (AvgIpc) is 2.88. The molecule has 0 saturated heterocycles. The third kappa shape index (κ3) is 5.56. The van der Waals surface area contributed by atoms with Crippen LogP contribution in [0.4, 0.5) is 11.4 Å². The van der Waals surface area contributed by atoms with E-state index < -0.39 is 11.8 Å². The van der Waals surface area contributed by atoms with Crippen molar-refractivity contribution < 1.29 is 14.3 Å². The van der Waals surface area contributed by atoms with Crippen LogP contribution in [0.15, 0.2) is 84.9 Å². The van der Waals surface area contributed by atoms with Crippen molar-refractivity contribution >= 4 is 23.2 Å². The summed E-state index contributed by atoms with van der Waals surface area (Å²) in [6.45, 7) is 0. The Morgan fingerprint density at radius 1 is 0.568 bits per heavy atom. The summed E-state index contributed by atoms with van der Waals surface area (Å²) in [5, 5.41) is 0. The predicted molar refractivity (Wildman–Crippen MR) is 150 cm³/mol. The summed E-state index contributed by atoms with van der Waals surface area (Å²) in [7, 11) is 7.77. The number of hydrogen-bond donors (Lipinski definition) is 2. The molecule has 0 aromatic heterocycles. The lowest BCUT2D eigenvalue weighted by Gasteiger charge is -2.16. The number of benzene rings is 4. The topological polar surface area (TPSA) is 102 Å². The Kier molecular flexibility index (Phi) is 7.15. The number of rotatable bonds is 8. The molecule has 0 saturated carbocycles. The first-order valence-electron chi connectivity index (χ1n) is 11.7. The van der Waals surface area contributed by atoms with Crippen molar-refractivity contribution in [1.82, 2.24) is 0 Å². The van der Waals surface area contributed by atoms with Gasteiger partial charge in [0.05, 0.1) is 0 Å². The van der Waals surface area contributed by atoms with Crippen molar-refractivity contribution in [3.05, 3.63) is 96.1 Å². The maximum absolute atomic E-state index is 12.0. The average molecular weight is 495 g/mol. The quantitative estimate of drug-likeness (QED) is 0.353. The molecule has 188 valence electrons. The van der Waals surface area contributed by atoms with E-state index in [0.29, 0.717) is 22.6 Å². The first kappa shape index (κ1) is 25.3. The van der Waals surface area contributed by atoms with Crippen LogP contribution in [0.2, 0.25) is 0 Å². The van der Waals surface area contributed by atoms with Gasteiger partial charge in [-0.3, -0.25) is 9.59 Å². The lowest BCUT2D eigenvalue weighted by atomic mass is 9.98. The fraction of sp³-hybridized carbons (Fsp3) is 0.133. The summed E-state index contributed by atoms with van der Waals surface area (Å²) in [6.07, 6.45) is 0. The summed E-state index contributed by atoms with van der Waals surface area (Å²) in [5.74, 6) is 0.342. The lowest BCUT2D eigenvalue weighted by Crippen LogP contribution is -2.14. The SMILES string of the molecule is CN(C)c1ccc(C(N)=O)c(-c2ccc(Oc3ccc(-c4cc(N(C)C)ccc4C(N)=O)cc3)cc2)c1. The lowest BCUT2D eigenvalue weighted by molar-refractivity contribution is 0.0992. The van der Waals surface area contributed by atoms with E-state index in [0.717, 1.165) is 33.6 Å². The minimum absolute atomic E-state index is 0.462. The second-order valence-electron chi connectivity index (χ2n) is 9.13. The number of nitrogens with zero attached hydrogens (tertiary/aromatic N) is 2. The third-order valence-corrected chi connectivity index (χ3v) is 6.14. The number of anilines is 2. The number of carbonyl (C=O) groups is 2. The number of nitrogens with two attached hydrogens (primary N) is 2. The Bertz CT molecular complexity index is 1330. The molecular formula is C30H30N4O3. The van der Waals surface area contributed by atoms with Gasteiger partial charge in [-0.25, -0.2) is 0 Å². The van der Waals surface area contributed by atoms with Crippen LogP contribution in [-0.2, 0) is 0 Å². The summed E-state index contributed by atoms with van der Waals surface area (Å²) < 4.78 is 6.04. The van der Waals surface area contributed by atoms with E-state index in [9.17, 15) is 9.59 Å². The molecule has 4 rings (SSSR count). The molecule has 0 atom stereocenters. The van der Waals surface area contributed by atoms with Crippen molar-refractivity contribution in [2.45, 2.75) is 0 Å². The molecule has 0 radical (unpaired) electrons. The summed E-state index contributed by atoms with van der Waals surface area (Å²) in [4.78, 5) is 27.9. The van der Waals surface area contributed by atoms with Crippen LogP contribution in [0, 0.1) is 0 Å². The Hall–Kier alpha value is -4.78. The van der Waals surface area contributed by atoms with Crippen LogP contribution < -0.4 is 26.0 Å². The molecule has 37 heavy (non-hydrogen) atoms. The minimum atomic E-state index is -0.476. The van der Waals surface area contributed by atoms with Gasteiger partial charge in [-0.15, -0.1) is 0 Å². The molecule has 2 amide bonds. The molecule has 0 fully saturated rings. The van der Waals surface area contributed by atoms with Crippen molar-refractivity contribution in [2.75, 3.05) is 38.0 Å². The van der Waals surface area contributed by atoms with Crippen LogP contribution in [0.1, 0.15) is 20.7 Å². The zero-order chi connectivity index (χ0) is 26.7. The molecule has 0 aliphatic rings. The molecule has 0 aliphatic heterocycles. The molecule has 4 aromatic rings. The summed E-state index contributed by atoms with van der Waals surface area (Å²) in [6, 6.07) is 26.1. The maximum Gasteiger partial charge on any atom is 0.249 e. The zero-order valence-corrected chi connectivity index (χ0v) is 21.4. The van der Waals surface area contributed by atoms with Gasteiger partial charge in [0.15, 0.2) is 0 Å². The highest BCUT2D eigenvalue weighted by atomic mass is 16.5. The summed E-state index contributed by atoms with van der Waals surface area (Å²) >= 11 is 0. The minimum Gasteiger partial charge on any atom is -0.457 e. The third-order valence-electron chi connectivity index (χ3n) is 6.14. The number of amides is 2. The van der Waals surface area contributed by atoms with Gasteiger partial charge in [-0.2, -0.15) is 0 Å². The van der Waals surface area contributed by atoms with E-state index in [1.165, 1.54) is 0 Å². The second-order valence-corrected chi connectivity index (χ2v) is 9.13. The molecular weight excluding hydrogens is 464 g/mol. The van der Waals surface area contributed by atoms with E-state index in [4.69, 9.17) is 16.2 Å². The predicted octanol–water partition coefficient (Wildman–Crippen LogP) is 5.14. The normalized spacial score (nSPS) is 10.6. The highest BCUT2D eigenvalue weighted by Crippen LogP contribution is 2.33.